The molecule has 0 aromatic carbocycles. The Morgan fingerprint density at radius 2 is 2.24 bits per heavy atom. The molecule has 1 unspecified atom stereocenters. The van der Waals surface area contributed by atoms with Crippen LogP contribution in [0.3, 0.4) is 0 Å². The molecule has 0 saturated heterocycles. The van der Waals surface area contributed by atoms with Crippen LogP contribution in [-0.4, -0.2) is 15.0 Å². The molecule has 0 bridgehead atoms. The van der Waals surface area contributed by atoms with Gasteiger partial charge in [-0.15, -0.1) is 11.3 Å². The topological polar surface area (TPSA) is 38.7 Å². The Morgan fingerprint density at radius 3 is 3.05 bits per heavy atom. The van der Waals surface area contributed by atoms with E-state index in [4.69, 9.17) is 16.6 Å². The Labute approximate surface area is 132 Å². The molecular formula is C16H14ClN3S. The van der Waals surface area contributed by atoms with Gasteiger partial charge in [0.25, 0.3) is 0 Å². The first-order chi connectivity index (χ1) is 10.2. The lowest BCUT2D eigenvalue weighted by molar-refractivity contribution is 0.509. The van der Waals surface area contributed by atoms with Crippen molar-refractivity contribution in [1.82, 2.24) is 15.0 Å². The summed E-state index contributed by atoms with van der Waals surface area (Å²) in [6.45, 7) is 2.31. The molecule has 0 fully saturated rings. The van der Waals surface area contributed by atoms with Crippen molar-refractivity contribution in [2.75, 3.05) is 0 Å². The predicted octanol–water partition coefficient (Wildman–Crippen LogP) is 4.53. The molecular weight excluding hydrogens is 302 g/mol. The van der Waals surface area contributed by atoms with E-state index < -0.39 is 0 Å². The first-order valence-electron chi connectivity index (χ1n) is 7.10. The summed E-state index contributed by atoms with van der Waals surface area (Å²) in [5, 5.41) is 1.64. The molecule has 4 rings (SSSR count). The molecule has 0 aliphatic heterocycles. The lowest BCUT2D eigenvalue weighted by Gasteiger charge is -2.17. The Morgan fingerprint density at radius 1 is 1.33 bits per heavy atom. The Balaban J connectivity index is 1.91. The van der Waals surface area contributed by atoms with Crippen molar-refractivity contribution in [3.8, 4) is 11.4 Å². The number of aryl methyl sites for hydroxylation is 1. The summed E-state index contributed by atoms with van der Waals surface area (Å²) in [6.07, 6.45) is 6.96. The fourth-order valence-corrected chi connectivity index (χ4v) is 4.64. The van der Waals surface area contributed by atoms with E-state index in [1.54, 1.807) is 23.7 Å². The Bertz CT molecular complexity index is 813. The zero-order chi connectivity index (χ0) is 14.4. The second-order valence-corrected chi connectivity index (χ2v) is 7.05. The van der Waals surface area contributed by atoms with E-state index in [-0.39, 0.29) is 0 Å². The monoisotopic (exact) mass is 315 g/mol. The van der Waals surface area contributed by atoms with Crippen molar-refractivity contribution in [1.29, 1.82) is 0 Å². The van der Waals surface area contributed by atoms with Gasteiger partial charge in [0.05, 0.1) is 5.39 Å². The largest absolute Gasteiger partial charge is 0.264 e. The molecule has 0 amide bonds. The fraction of sp³-hybridized carbons (Fsp3) is 0.312. The highest BCUT2D eigenvalue weighted by atomic mass is 35.5. The van der Waals surface area contributed by atoms with Gasteiger partial charge in [-0.1, -0.05) is 18.5 Å². The molecule has 0 saturated carbocycles. The third kappa shape index (κ3) is 2.23. The number of aromatic nitrogens is 3. The summed E-state index contributed by atoms with van der Waals surface area (Å²) >= 11 is 8.23. The maximum absolute atomic E-state index is 6.46. The summed E-state index contributed by atoms with van der Waals surface area (Å²) in [4.78, 5) is 15.8. The molecule has 0 radical (unpaired) electrons. The normalized spacial score (nSPS) is 17.9. The van der Waals surface area contributed by atoms with Crippen LogP contribution in [0.4, 0.5) is 0 Å². The minimum atomic E-state index is 0.575. The molecule has 0 N–H and O–H groups in total. The molecule has 3 aromatic rings. The summed E-state index contributed by atoms with van der Waals surface area (Å²) < 4.78 is 0. The van der Waals surface area contributed by atoms with Crippen LogP contribution < -0.4 is 0 Å². The van der Waals surface area contributed by atoms with Crippen LogP contribution in [0.5, 0.6) is 0 Å². The van der Waals surface area contributed by atoms with E-state index in [0.717, 1.165) is 34.5 Å². The molecule has 3 nitrogen and oxygen atoms in total. The summed E-state index contributed by atoms with van der Waals surface area (Å²) in [5.41, 5.74) is 2.27. The van der Waals surface area contributed by atoms with Crippen molar-refractivity contribution in [3.05, 3.63) is 40.1 Å². The summed E-state index contributed by atoms with van der Waals surface area (Å²) in [6, 6.07) is 3.85. The molecule has 1 aliphatic carbocycles. The molecule has 106 valence electrons. The third-order valence-corrected chi connectivity index (χ3v) is 5.45. The van der Waals surface area contributed by atoms with Crippen LogP contribution >= 0.6 is 22.9 Å². The minimum Gasteiger partial charge on any atom is -0.264 e. The number of hydrogen-bond donors (Lipinski definition) is 0. The number of pyridine rings is 1. The van der Waals surface area contributed by atoms with Crippen LogP contribution in [-0.2, 0) is 12.8 Å². The zero-order valence-corrected chi connectivity index (χ0v) is 13.2. The first-order valence-corrected chi connectivity index (χ1v) is 8.30. The average molecular weight is 316 g/mol. The van der Waals surface area contributed by atoms with Crippen molar-refractivity contribution < 1.29 is 0 Å². The average Bonchev–Trinajstić information content (AvgIpc) is 2.85. The van der Waals surface area contributed by atoms with E-state index in [1.165, 1.54) is 16.9 Å². The standard InChI is InChI=1S/C16H14ClN3S/c1-9-4-5-11-12(7-9)21-16-13(11)14(17)19-15(20-16)10-3-2-6-18-8-10/h2-3,6,8-9H,4-5,7H2,1H3. The van der Waals surface area contributed by atoms with Crippen LogP contribution in [0.2, 0.25) is 5.15 Å². The van der Waals surface area contributed by atoms with Gasteiger partial charge in [-0.2, -0.15) is 0 Å². The number of fused-ring (bicyclic) bond motifs is 3. The zero-order valence-electron chi connectivity index (χ0n) is 11.6. The highest BCUT2D eigenvalue weighted by Crippen LogP contribution is 2.40. The third-order valence-electron chi connectivity index (χ3n) is 4.03. The second kappa shape index (κ2) is 5.04. The smallest absolute Gasteiger partial charge is 0.164 e. The number of thiophene rings is 1. The lowest BCUT2D eigenvalue weighted by Crippen LogP contribution is -2.08. The van der Waals surface area contributed by atoms with Gasteiger partial charge in [-0.05, 0) is 42.9 Å². The molecule has 1 aliphatic rings. The quantitative estimate of drug-likeness (QED) is 0.619. The van der Waals surface area contributed by atoms with Gasteiger partial charge in [-0.25, -0.2) is 9.97 Å². The maximum atomic E-state index is 6.46. The first kappa shape index (κ1) is 13.2. The molecule has 5 heteroatoms. The van der Waals surface area contributed by atoms with E-state index in [0.29, 0.717) is 11.0 Å². The van der Waals surface area contributed by atoms with Gasteiger partial charge < -0.3 is 0 Å². The van der Waals surface area contributed by atoms with Crippen LogP contribution in [0, 0.1) is 5.92 Å². The molecule has 3 heterocycles. The van der Waals surface area contributed by atoms with E-state index in [9.17, 15) is 0 Å². The highest BCUT2D eigenvalue weighted by molar-refractivity contribution is 7.19. The molecule has 0 spiro atoms. The van der Waals surface area contributed by atoms with E-state index in [2.05, 4.69) is 16.9 Å². The van der Waals surface area contributed by atoms with Gasteiger partial charge in [0.15, 0.2) is 5.82 Å². The predicted molar refractivity (Wildman–Crippen MR) is 86.8 cm³/mol. The summed E-state index contributed by atoms with van der Waals surface area (Å²) in [7, 11) is 0. The molecule has 1 atom stereocenters. The number of hydrogen-bond acceptors (Lipinski definition) is 4. The molecule has 3 aromatic heterocycles. The van der Waals surface area contributed by atoms with Gasteiger partial charge in [0.1, 0.15) is 9.98 Å². The second-order valence-electron chi connectivity index (χ2n) is 5.61. The van der Waals surface area contributed by atoms with Crippen LogP contribution in [0.1, 0.15) is 23.8 Å². The fourth-order valence-electron chi connectivity index (χ4n) is 2.92. The van der Waals surface area contributed by atoms with Crippen molar-refractivity contribution in [3.63, 3.8) is 0 Å². The van der Waals surface area contributed by atoms with Crippen LogP contribution in [0.25, 0.3) is 21.6 Å². The van der Waals surface area contributed by atoms with E-state index in [1.807, 2.05) is 12.1 Å². The van der Waals surface area contributed by atoms with Gasteiger partial charge in [0.2, 0.25) is 0 Å². The maximum Gasteiger partial charge on any atom is 0.164 e. The highest BCUT2D eigenvalue weighted by Gasteiger charge is 2.23. The number of nitrogens with zero attached hydrogens (tertiary/aromatic N) is 3. The minimum absolute atomic E-state index is 0.575. The Kier molecular flexibility index (Phi) is 3.16. The summed E-state index contributed by atoms with van der Waals surface area (Å²) in [5.74, 6) is 1.40. The number of rotatable bonds is 1. The van der Waals surface area contributed by atoms with Crippen molar-refractivity contribution >= 4 is 33.2 Å². The van der Waals surface area contributed by atoms with Crippen LogP contribution in [0.15, 0.2) is 24.5 Å². The van der Waals surface area contributed by atoms with Crippen molar-refractivity contribution in [2.24, 2.45) is 5.92 Å². The van der Waals surface area contributed by atoms with Crippen molar-refractivity contribution in [2.45, 2.75) is 26.2 Å². The van der Waals surface area contributed by atoms with Gasteiger partial charge in [-0.3, -0.25) is 4.98 Å². The van der Waals surface area contributed by atoms with Gasteiger partial charge >= 0.3 is 0 Å². The van der Waals surface area contributed by atoms with Gasteiger partial charge in [0, 0.05) is 22.8 Å². The van der Waals surface area contributed by atoms with E-state index >= 15 is 0 Å². The Hall–Kier alpha value is -1.52. The lowest BCUT2D eigenvalue weighted by atomic mass is 9.89. The number of halogens is 1. The molecule has 21 heavy (non-hydrogen) atoms. The SMILES string of the molecule is CC1CCc2c(sc3nc(-c4cccnc4)nc(Cl)c23)C1.